The van der Waals surface area contributed by atoms with Crippen molar-refractivity contribution in [1.29, 1.82) is 0 Å². The number of nitrogens with one attached hydrogen (secondary N) is 1. The fraction of sp³-hybridized carbons (Fsp3) is 0.143. The van der Waals surface area contributed by atoms with Gasteiger partial charge in [-0.05, 0) is 12.1 Å². The van der Waals surface area contributed by atoms with Crippen molar-refractivity contribution in [3.05, 3.63) is 24.4 Å². The quantitative estimate of drug-likeness (QED) is 0.743. The van der Waals surface area contributed by atoms with Gasteiger partial charge in [0.05, 0.1) is 0 Å². The average molecular weight is 189 g/mol. The number of rotatable bonds is 3. The summed E-state index contributed by atoms with van der Waals surface area (Å²) >= 11 is 0. The fourth-order valence-electron chi connectivity index (χ4n) is 0.634. The summed E-state index contributed by atoms with van der Waals surface area (Å²) in [6, 6.07) is 5.27. The Morgan fingerprint density at radius 2 is 2.33 bits per heavy atom. The van der Waals surface area contributed by atoms with E-state index in [9.17, 15) is 4.79 Å². The molecule has 0 bridgehead atoms. The second-order valence-corrected chi connectivity index (χ2v) is 1.96. The molecule has 66 valence electrons. The van der Waals surface area contributed by atoms with Gasteiger partial charge in [-0.3, -0.25) is 4.79 Å². The summed E-state index contributed by atoms with van der Waals surface area (Å²) in [6.07, 6.45) is 1.60. The highest BCUT2D eigenvalue weighted by molar-refractivity contribution is 5.85. The number of anilines is 1. The van der Waals surface area contributed by atoms with E-state index in [0.29, 0.717) is 5.82 Å². The van der Waals surface area contributed by atoms with E-state index in [0.717, 1.165) is 0 Å². The van der Waals surface area contributed by atoms with Crippen LogP contribution < -0.4 is 5.32 Å². The molecule has 0 atom stereocenters. The Balaban J connectivity index is 0.00000121. The Labute approximate surface area is 76.0 Å². The molecule has 12 heavy (non-hydrogen) atoms. The molecule has 1 aromatic heterocycles. The van der Waals surface area contributed by atoms with E-state index in [-0.39, 0.29) is 19.0 Å². The molecule has 2 N–H and O–H groups in total. The lowest BCUT2D eigenvalue weighted by Gasteiger charge is -1.99. The van der Waals surface area contributed by atoms with Gasteiger partial charge in [-0.2, -0.15) is 0 Å². The van der Waals surface area contributed by atoms with Crippen LogP contribution in [0.5, 0.6) is 0 Å². The smallest absolute Gasteiger partial charge is 0.322 e. The zero-order valence-corrected chi connectivity index (χ0v) is 7.04. The highest BCUT2D eigenvalue weighted by Crippen LogP contribution is 1.97. The maximum atomic E-state index is 10.1. The van der Waals surface area contributed by atoms with Gasteiger partial charge in [0.25, 0.3) is 0 Å². The molecule has 0 fully saturated rings. The van der Waals surface area contributed by atoms with Gasteiger partial charge in [0.2, 0.25) is 0 Å². The Kier molecular flexibility index (Phi) is 4.79. The van der Waals surface area contributed by atoms with Crippen LogP contribution in [0.25, 0.3) is 0 Å². The molecular formula is C7H9ClN2O2. The number of carboxylic acids is 1. The van der Waals surface area contributed by atoms with Crippen LogP contribution in [-0.2, 0) is 4.79 Å². The summed E-state index contributed by atoms with van der Waals surface area (Å²) in [5.41, 5.74) is 0. The highest BCUT2D eigenvalue weighted by Gasteiger charge is 1.95. The Hall–Kier alpha value is -1.29. The Morgan fingerprint density at radius 1 is 1.58 bits per heavy atom. The molecule has 0 saturated carbocycles. The van der Waals surface area contributed by atoms with Crippen LogP contribution in [0, 0.1) is 0 Å². The number of hydrogen-bond donors (Lipinski definition) is 2. The standard InChI is InChI=1S/C7H8N2O2.ClH/c10-7(11)5-9-6-3-1-2-4-8-6;/h1-4H,5H2,(H,8,9)(H,10,11);1H. The lowest BCUT2D eigenvalue weighted by Crippen LogP contribution is -2.12. The summed E-state index contributed by atoms with van der Waals surface area (Å²) < 4.78 is 0. The number of aliphatic carboxylic acids is 1. The molecule has 1 aromatic rings. The summed E-state index contributed by atoms with van der Waals surface area (Å²) in [5, 5.41) is 10.9. The predicted molar refractivity (Wildman–Crippen MR) is 47.6 cm³/mol. The summed E-state index contributed by atoms with van der Waals surface area (Å²) in [5.74, 6) is -0.314. The van der Waals surface area contributed by atoms with Crippen LogP contribution in [0.15, 0.2) is 24.4 Å². The van der Waals surface area contributed by atoms with Crippen molar-refractivity contribution in [3.8, 4) is 0 Å². The van der Waals surface area contributed by atoms with Crippen molar-refractivity contribution in [1.82, 2.24) is 4.98 Å². The molecule has 5 heteroatoms. The zero-order valence-electron chi connectivity index (χ0n) is 6.23. The number of aromatic nitrogens is 1. The number of hydrogen-bond acceptors (Lipinski definition) is 3. The first-order chi connectivity index (χ1) is 5.29. The summed E-state index contributed by atoms with van der Waals surface area (Å²) in [4.78, 5) is 14.0. The number of carbonyl (C=O) groups is 1. The number of halogens is 1. The van der Waals surface area contributed by atoms with Gasteiger partial charge in [-0.1, -0.05) is 6.07 Å². The molecule has 0 spiro atoms. The molecule has 0 aliphatic rings. The molecular weight excluding hydrogens is 180 g/mol. The largest absolute Gasteiger partial charge is 0.480 e. The number of pyridine rings is 1. The fourth-order valence-corrected chi connectivity index (χ4v) is 0.634. The van der Waals surface area contributed by atoms with Gasteiger partial charge in [-0.25, -0.2) is 4.98 Å². The minimum Gasteiger partial charge on any atom is -0.480 e. The van der Waals surface area contributed by atoms with Crippen molar-refractivity contribution in [2.45, 2.75) is 0 Å². The van der Waals surface area contributed by atoms with Crippen molar-refractivity contribution >= 4 is 24.2 Å². The van der Waals surface area contributed by atoms with Gasteiger partial charge < -0.3 is 10.4 Å². The molecule has 0 aromatic carbocycles. The van der Waals surface area contributed by atoms with E-state index in [2.05, 4.69) is 10.3 Å². The highest BCUT2D eigenvalue weighted by atomic mass is 35.5. The van der Waals surface area contributed by atoms with Crippen LogP contribution >= 0.6 is 12.4 Å². The van der Waals surface area contributed by atoms with Crippen LogP contribution in [-0.4, -0.2) is 22.6 Å². The third kappa shape index (κ3) is 3.78. The van der Waals surface area contributed by atoms with Crippen LogP contribution in [0.3, 0.4) is 0 Å². The van der Waals surface area contributed by atoms with Gasteiger partial charge in [-0.15, -0.1) is 12.4 Å². The van der Waals surface area contributed by atoms with E-state index in [4.69, 9.17) is 5.11 Å². The molecule has 1 heterocycles. The average Bonchev–Trinajstić information content (AvgIpc) is 2.03. The third-order valence-corrected chi connectivity index (χ3v) is 1.09. The SMILES string of the molecule is Cl.O=C(O)CNc1ccccn1. The van der Waals surface area contributed by atoms with Crippen molar-refractivity contribution in [2.24, 2.45) is 0 Å². The molecule has 0 radical (unpaired) electrons. The van der Waals surface area contributed by atoms with Gasteiger partial charge in [0, 0.05) is 6.20 Å². The molecule has 0 unspecified atom stereocenters. The first-order valence-corrected chi connectivity index (χ1v) is 3.16. The van der Waals surface area contributed by atoms with Crippen molar-refractivity contribution < 1.29 is 9.90 Å². The van der Waals surface area contributed by atoms with Crippen LogP contribution in [0.1, 0.15) is 0 Å². The van der Waals surface area contributed by atoms with Gasteiger partial charge in [0.1, 0.15) is 12.4 Å². The van der Waals surface area contributed by atoms with E-state index in [1.54, 1.807) is 24.4 Å². The molecule has 0 aliphatic heterocycles. The van der Waals surface area contributed by atoms with Crippen LogP contribution in [0.2, 0.25) is 0 Å². The predicted octanol–water partition coefficient (Wildman–Crippen LogP) is 1.000. The zero-order chi connectivity index (χ0) is 8.10. The Bertz CT molecular complexity index is 240. The Morgan fingerprint density at radius 3 is 2.83 bits per heavy atom. The number of carboxylic acid groups (broad SMARTS) is 1. The minimum absolute atomic E-state index is 0. The molecule has 4 nitrogen and oxygen atoms in total. The lowest BCUT2D eigenvalue weighted by atomic mass is 10.4. The van der Waals surface area contributed by atoms with E-state index >= 15 is 0 Å². The second kappa shape index (κ2) is 5.37. The second-order valence-electron chi connectivity index (χ2n) is 1.96. The summed E-state index contributed by atoms with van der Waals surface area (Å²) in [6.45, 7) is -0.100. The van der Waals surface area contributed by atoms with E-state index in [1.165, 1.54) is 0 Å². The molecule has 0 saturated heterocycles. The lowest BCUT2D eigenvalue weighted by molar-refractivity contribution is -0.134. The van der Waals surface area contributed by atoms with E-state index < -0.39 is 5.97 Å². The minimum atomic E-state index is -0.893. The maximum absolute atomic E-state index is 10.1. The summed E-state index contributed by atoms with van der Waals surface area (Å²) in [7, 11) is 0. The normalized spacial score (nSPS) is 8.33. The third-order valence-electron chi connectivity index (χ3n) is 1.09. The number of nitrogens with zero attached hydrogens (tertiary/aromatic N) is 1. The first kappa shape index (κ1) is 10.7. The topological polar surface area (TPSA) is 62.2 Å². The van der Waals surface area contributed by atoms with Gasteiger partial charge >= 0.3 is 5.97 Å². The molecule has 0 amide bonds. The maximum Gasteiger partial charge on any atom is 0.322 e. The molecule has 0 aliphatic carbocycles. The molecule has 1 rings (SSSR count). The monoisotopic (exact) mass is 188 g/mol. The van der Waals surface area contributed by atoms with E-state index in [1.807, 2.05) is 0 Å². The van der Waals surface area contributed by atoms with Crippen molar-refractivity contribution in [2.75, 3.05) is 11.9 Å². The first-order valence-electron chi connectivity index (χ1n) is 3.16. The van der Waals surface area contributed by atoms with Gasteiger partial charge in [0.15, 0.2) is 0 Å². The van der Waals surface area contributed by atoms with Crippen LogP contribution in [0.4, 0.5) is 5.82 Å². The van der Waals surface area contributed by atoms with Crippen molar-refractivity contribution in [3.63, 3.8) is 0 Å².